The minimum atomic E-state index is -0.337. The smallest absolute Gasteiger partial charge is 0.164 e. The van der Waals surface area contributed by atoms with Crippen molar-refractivity contribution in [2.45, 2.75) is 102 Å². The number of ketones is 1. The van der Waals surface area contributed by atoms with Crippen LogP contribution in [-0.2, 0) is 24.9 Å². The fourth-order valence-electron chi connectivity index (χ4n) is 7.77. The molecule has 0 aliphatic heterocycles. The average Bonchev–Trinajstić information content (AvgIpc) is 3.55. The second kappa shape index (κ2) is 16.8. The van der Waals surface area contributed by atoms with Gasteiger partial charge >= 0.3 is 0 Å². The van der Waals surface area contributed by atoms with Crippen LogP contribution >= 0.6 is 0 Å². The van der Waals surface area contributed by atoms with E-state index in [-0.39, 0.29) is 42.5 Å². The summed E-state index contributed by atoms with van der Waals surface area (Å²) in [5, 5.41) is 15.7. The fraction of sp³-hybridized carbons (Fsp3) is 0.340. The number of benzene rings is 5. The van der Waals surface area contributed by atoms with Crippen LogP contribution in [0.4, 0.5) is 0 Å². The number of hydrogen-bond donors (Lipinski definition) is 1. The Morgan fingerprint density at radius 3 is 2.05 bits per heavy atom. The normalized spacial score (nSPS) is 12.2. The molecule has 0 atom stereocenters. The molecule has 7 aromatic rings. The van der Waals surface area contributed by atoms with Gasteiger partial charge in [0.2, 0.25) is 0 Å². The maximum Gasteiger partial charge on any atom is 0.164 e. The van der Waals surface area contributed by atoms with E-state index in [9.17, 15) is 9.90 Å². The number of fused-ring (bicyclic) bond motifs is 6. The number of hydrogen-bond acceptors (Lipinski definition) is 5. The van der Waals surface area contributed by atoms with E-state index in [2.05, 4.69) is 100 Å². The number of furan rings is 1. The molecular formula is C50H55IrN2O3-. The third-order valence-corrected chi connectivity index (χ3v) is 12.3. The van der Waals surface area contributed by atoms with Crippen LogP contribution < -0.4 is 0 Å². The zero-order valence-corrected chi connectivity index (χ0v) is 37.2. The van der Waals surface area contributed by atoms with Crippen LogP contribution in [0.3, 0.4) is 0 Å². The Hall–Kier alpha value is -4.64. The molecule has 0 saturated heterocycles. The predicted octanol–water partition coefficient (Wildman–Crippen LogP) is 14.0. The monoisotopic (exact) mass is 924 g/mol. The first-order valence-corrected chi connectivity index (χ1v) is 19.8. The number of carbonyl (C=O) groups excluding carboxylic acids is 1. The molecule has 0 fully saturated rings. The van der Waals surface area contributed by atoms with Gasteiger partial charge in [0, 0.05) is 53.5 Å². The number of rotatable bonds is 9. The summed E-state index contributed by atoms with van der Waals surface area (Å²) >= 11 is 0. The number of aromatic nitrogens is 2. The Balaban J connectivity index is 0.000000285. The van der Waals surface area contributed by atoms with Gasteiger partial charge in [-0.3, -0.25) is 9.78 Å². The van der Waals surface area contributed by atoms with Crippen LogP contribution in [-0.4, -0.2) is 20.9 Å². The van der Waals surface area contributed by atoms with E-state index in [4.69, 9.17) is 14.4 Å². The maximum atomic E-state index is 12.2. The van der Waals surface area contributed by atoms with Crippen molar-refractivity contribution in [3.63, 3.8) is 0 Å². The molecule has 0 unspecified atom stereocenters. The second-order valence-corrected chi connectivity index (χ2v) is 15.9. The molecule has 6 heteroatoms. The number of nitrogens with zero attached hydrogens (tertiary/aromatic N) is 2. The first-order valence-electron chi connectivity index (χ1n) is 19.8. The van der Waals surface area contributed by atoms with Gasteiger partial charge in [-0.15, -0.1) is 18.2 Å². The summed E-state index contributed by atoms with van der Waals surface area (Å²) in [7, 11) is 0. The number of allylic oxidation sites excluding steroid dienone is 2. The van der Waals surface area contributed by atoms with Crippen molar-refractivity contribution in [2.75, 3.05) is 0 Å². The minimum Gasteiger partial charge on any atom is -0.512 e. The SMILES string of the molecule is CCC(C)(CC)C(=O)/C=C(\O)C(C)(CC)CC.Cc1cc(C)c2c(ccc3c(-c4[c-]ccc5c4oc4cc(-c6c(C)cccc6C)ccc45)nc(C)nc32)c1.[Ir]. The van der Waals surface area contributed by atoms with Gasteiger partial charge in [0.15, 0.2) is 5.78 Å². The number of carbonyl (C=O) groups is 1. The van der Waals surface area contributed by atoms with Crippen LogP contribution in [0.5, 0.6) is 0 Å². The van der Waals surface area contributed by atoms with E-state index in [0.717, 1.165) is 75.6 Å². The van der Waals surface area contributed by atoms with Gasteiger partial charge in [0.1, 0.15) is 17.2 Å². The minimum absolute atomic E-state index is 0. The molecular weight excluding hydrogens is 869 g/mol. The summed E-state index contributed by atoms with van der Waals surface area (Å²) in [6.07, 6.45) is 4.75. The predicted molar refractivity (Wildman–Crippen MR) is 231 cm³/mol. The van der Waals surface area contributed by atoms with E-state index >= 15 is 0 Å². The third kappa shape index (κ3) is 7.84. The van der Waals surface area contributed by atoms with Gasteiger partial charge in [0.05, 0.1) is 11.1 Å². The van der Waals surface area contributed by atoms with Gasteiger partial charge < -0.3 is 9.52 Å². The zero-order valence-electron chi connectivity index (χ0n) is 34.8. The van der Waals surface area contributed by atoms with Crippen molar-refractivity contribution < 1.29 is 34.4 Å². The first-order chi connectivity index (χ1) is 26.2. The van der Waals surface area contributed by atoms with Crippen LogP contribution in [0.15, 0.2) is 89.0 Å². The van der Waals surface area contributed by atoms with Crippen molar-refractivity contribution in [3.05, 3.63) is 119 Å². The largest absolute Gasteiger partial charge is 0.512 e. The molecule has 0 aliphatic rings. The molecule has 0 amide bonds. The van der Waals surface area contributed by atoms with Crippen LogP contribution in [0.1, 0.15) is 95.3 Å². The van der Waals surface area contributed by atoms with Crippen molar-refractivity contribution in [3.8, 4) is 22.4 Å². The molecule has 2 heterocycles. The van der Waals surface area contributed by atoms with Gasteiger partial charge in [-0.2, -0.15) is 0 Å². The summed E-state index contributed by atoms with van der Waals surface area (Å²) in [6.45, 7) is 22.7. The summed E-state index contributed by atoms with van der Waals surface area (Å²) < 4.78 is 6.60. The molecule has 56 heavy (non-hydrogen) atoms. The molecule has 7 rings (SSSR count). The number of aliphatic hydroxyl groups excluding tert-OH is 1. The molecule has 0 saturated carbocycles. The Labute approximate surface area is 346 Å². The number of aliphatic hydroxyl groups is 1. The third-order valence-electron chi connectivity index (χ3n) is 12.3. The molecule has 1 N–H and O–H groups in total. The van der Waals surface area contributed by atoms with Crippen molar-refractivity contribution >= 4 is 49.4 Å². The fourth-order valence-corrected chi connectivity index (χ4v) is 7.77. The summed E-state index contributed by atoms with van der Waals surface area (Å²) in [6, 6.07) is 29.2. The molecule has 5 nitrogen and oxygen atoms in total. The van der Waals surface area contributed by atoms with E-state index in [1.807, 2.05) is 54.5 Å². The van der Waals surface area contributed by atoms with Crippen molar-refractivity contribution in [2.24, 2.45) is 10.8 Å². The van der Waals surface area contributed by atoms with Crippen LogP contribution in [0.2, 0.25) is 0 Å². The molecule has 0 bridgehead atoms. The van der Waals surface area contributed by atoms with Crippen molar-refractivity contribution in [1.82, 2.24) is 9.97 Å². The van der Waals surface area contributed by atoms with Gasteiger partial charge in [0.25, 0.3) is 0 Å². The molecule has 2 aromatic heterocycles. The second-order valence-electron chi connectivity index (χ2n) is 15.9. The van der Waals surface area contributed by atoms with Crippen LogP contribution in [0.25, 0.3) is 66.0 Å². The van der Waals surface area contributed by atoms with E-state index in [1.54, 1.807) is 0 Å². The Morgan fingerprint density at radius 2 is 1.41 bits per heavy atom. The van der Waals surface area contributed by atoms with Gasteiger partial charge in [-0.1, -0.05) is 113 Å². The molecule has 5 aromatic carbocycles. The summed E-state index contributed by atoms with van der Waals surface area (Å²) in [5.41, 5.74) is 11.2. The summed E-state index contributed by atoms with van der Waals surface area (Å²) in [4.78, 5) is 22.0. The maximum absolute atomic E-state index is 12.2. The average molecular weight is 924 g/mol. The molecule has 293 valence electrons. The van der Waals surface area contributed by atoms with E-state index in [0.29, 0.717) is 0 Å². The number of aryl methyl sites for hydroxylation is 5. The van der Waals surface area contributed by atoms with Gasteiger partial charge in [-0.05, 0) is 105 Å². The molecule has 1 radical (unpaired) electrons. The standard InChI is InChI=1S/C35H27N2O.C15H28O2.Ir/c1-19-16-22(4)32-24(17-19)13-15-28-33(36-23(5)37-34(28)32)29-11-7-10-27-26-14-12-25(18-30(26)38-35(27)29)31-20(2)8-6-9-21(31)3;1-7-14(5,8-2)12(16)11-13(17)15(6,9-3)10-4;/h6-10,12-18H,1-5H3;11,16H,7-10H2,1-6H3;/q-1;;/b;12-11-;. The van der Waals surface area contributed by atoms with Gasteiger partial charge in [-0.25, -0.2) is 4.98 Å². The molecule has 0 aliphatic carbocycles. The Kier molecular flexibility index (Phi) is 12.8. The Morgan fingerprint density at radius 1 is 0.768 bits per heavy atom. The van der Waals surface area contributed by atoms with Crippen molar-refractivity contribution in [1.29, 1.82) is 0 Å². The van der Waals surface area contributed by atoms with Crippen LogP contribution in [0, 0.1) is 51.5 Å². The topological polar surface area (TPSA) is 76.2 Å². The quantitative estimate of drug-likeness (QED) is 0.0676. The van der Waals surface area contributed by atoms with E-state index < -0.39 is 0 Å². The molecule has 0 spiro atoms. The Bertz CT molecular complexity index is 2590. The zero-order chi connectivity index (χ0) is 39.8. The van der Waals surface area contributed by atoms with E-state index in [1.165, 1.54) is 50.2 Å². The first kappa shape index (κ1) is 42.5. The summed E-state index contributed by atoms with van der Waals surface area (Å²) in [5.74, 6) is 1.02.